The van der Waals surface area contributed by atoms with Crippen LogP contribution in [0.4, 0.5) is 0 Å². The Morgan fingerprint density at radius 3 is 2.83 bits per heavy atom. The summed E-state index contributed by atoms with van der Waals surface area (Å²) in [6, 6.07) is 0. The van der Waals surface area contributed by atoms with Gasteiger partial charge in [0, 0.05) is 20.1 Å². The summed E-state index contributed by atoms with van der Waals surface area (Å²) in [5, 5.41) is 0. The highest BCUT2D eigenvalue weighted by atomic mass is 16.2. The fourth-order valence-electron chi connectivity index (χ4n) is 1.56. The number of rotatable bonds is 2. The summed E-state index contributed by atoms with van der Waals surface area (Å²) >= 11 is 0. The monoisotopic (exact) mass is 169 g/mol. The fourth-order valence-corrected chi connectivity index (χ4v) is 1.56. The predicted octanol–water partition coefficient (Wildman–Crippen LogP) is 0.231. The van der Waals surface area contributed by atoms with Crippen LogP contribution in [-0.4, -0.2) is 49.4 Å². The highest BCUT2D eigenvalue weighted by molar-refractivity contribution is 5.79. The highest BCUT2D eigenvalue weighted by Crippen LogP contribution is 2.16. The first-order valence-corrected chi connectivity index (χ1v) is 4.38. The second kappa shape index (κ2) is 3.90. The number of likely N-dealkylation sites (tertiary alicyclic amines) is 1. The van der Waals surface area contributed by atoms with Crippen LogP contribution in [0.3, 0.4) is 0 Å². The molecule has 1 rings (SSSR count). The van der Waals surface area contributed by atoms with Crippen LogP contribution in [0, 0.1) is 12.8 Å². The topological polar surface area (TPSA) is 23.6 Å². The van der Waals surface area contributed by atoms with Gasteiger partial charge in [-0.05, 0) is 26.9 Å². The third kappa shape index (κ3) is 1.97. The number of nitrogens with zero attached hydrogens (tertiary/aromatic N) is 2. The van der Waals surface area contributed by atoms with E-state index in [0.29, 0.717) is 6.54 Å². The molecular formula is C9H17N2O. The molecule has 0 bridgehead atoms. The zero-order chi connectivity index (χ0) is 9.14. The SMILES string of the molecule is [CH2]CN(C)C(=O)C1CCN(C)C1. The van der Waals surface area contributed by atoms with E-state index in [-0.39, 0.29) is 11.8 Å². The summed E-state index contributed by atoms with van der Waals surface area (Å²) in [6.07, 6.45) is 1.000. The van der Waals surface area contributed by atoms with E-state index in [4.69, 9.17) is 0 Å². The molecule has 1 amide bonds. The van der Waals surface area contributed by atoms with Gasteiger partial charge in [0.15, 0.2) is 0 Å². The summed E-state index contributed by atoms with van der Waals surface area (Å²) in [6.45, 7) is 6.21. The molecule has 0 spiro atoms. The van der Waals surface area contributed by atoms with Gasteiger partial charge in [0.05, 0.1) is 5.92 Å². The number of hydrogen-bond donors (Lipinski definition) is 0. The number of amides is 1. The molecule has 0 aromatic rings. The molecule has 3 nitrogen and oxygen atoms in total. The Labute approximate surface area is 74.3 Å². The summed E-state index contributed by atoms with van der Waals surface area (Å²) in [4.78, 5) is 15.5. The van der Waals surface area contributed by atoms with Gasteiger partial charge in [-0.1, -0.05) is 0 Å². The van der Waals surface area contributed by atoms with Gasteiger partial charge in [-0.25, -0.2) is 0 Å². The van der Waals surface area contributed by atoms with Crippen molar-refractivity contribution in [2.45, 2.75) is 6.42 Å². The molecule has 0 N–H and O–H groups in total. The first-order valence-electron chi connectivity index (χ1n) is 4.38. The Hall–Kier alpha value is -0.570. The highest BCUT2D eigenvalue weighted by Gasteiger charge is 2.27. The molecule has 0 saturated carbocycles. The first-order chi connectivity index (χ1) is 5.65. The van der Waals surface area contributed by atoms with Crippen LogP contribution in [0.5, 0.6) is 0 Å². The molecule has 1 radical (unpaired) electrons. The van der Waals surface area contributed by atoms with E-state index in [2.05, 4.69) is 18.9 Å². The zero-order valence-corrected chi connectivity index (χ0v) is 7.92. The molecule has 1 unspecified atom stereocenters. The van der Waals surface area contributed by atoms with Crippen molar-refractivity contribution < 1.29 is 4.79 Å². The van der Waals surface area contributed by atoms with Crippen LogP contribution in [0.25, 0.3) is 0 Å². The second-order valence-electron chi connectivity index (χ2n) is 3.51. The molecule has 1 atom stereocenters. The lowest BCUT2D eigenvalue weighted by molar-refractivity contribution is -0.133. The average molecular weight is 169 g/mol. The van der Waals surface area contributed by atoms with Gasteiger partial charge in [0.2, 0.25) is 5.91 Å². The van der Waals surface area contributed by atoms with Crippen molar-refractivity contribution in [2.24, 2.45) is 5.92 Å². The van der Waals surface area contributed by atoms with Crippen LogP contribution in [0.2, 0.25) is 0 Å². The van der Waals surface area contributed by atoms with Crippen molar-refractivity contribution in [3.63, 3.8) is 0 Å². The summed E-state index contributed by atoms with van der Waals surface area (Å²) in [7, 11) is 3.87. The van der Waals surface area contributed by atoms with Gasteiger partial charge in [-0.3, -0.25) is 4.79 Å². The molecule has 1 fully saturated rings. The van der Waals surface area contributed by atoms with E-state index in [1.165, 1.54) is 0 Å². The third-order valence-electron chi connectivity index (χ3n) is 2.45. The molecule has 0 aromatic heterocycles. The van der Waals surface area contributed by atoms with E-state index in [9.17, 15) is 4.79 Å². The zero-order valence-electron chi connectivity index (χ0n) is 7.92. The molecule has 1 heterocycles. The van der Waals surface area contributed by atoms with Crippen LogP contribution in [0.15, 0.2) is 0 Å². The predicted molar refractivity (Wildman–Crippen MR) is 48.6 cm³/mol. The minimum Gasteiger partial charge on any atom is -0.345 e. The van der Waals surface area contributed by atoms with Crippen LogP contribution >= 0.6 is 0 Å². The smallest absolute Gasteiger partial charge is 0.226 e. The summed E-state index contributed by atoms with van der Waals surface area (Å²) < 4.78 is 0. The van der Waals surface area contributed by atoms with E-state index in [0.717, 1.165) is 19.5 Å². The minimum absolute atomic E-state index is 0.210. The van der Waals surface area contributed by atoms with Crippen molar-refractivity contribution in [1.82, 2.24) is 9.80 Å². The van der Waals surface area contributed by atoms with E-state index >= 15 is 0 Å². The third-order valence-corrected chi connectivity index (χ3v) is 2.45. The Kier molecular flexibility index (Phi) is 3.09. The molecule has 0 aliphatic carbocycles. The van der Waals surface area contributed by atoms with Crippen molar-refractivity contribution in [2.75, 3.05) is 33.7 Å². The standard InChI is InChI=1S/C9H17N2O/c1-4-11(3)9(12)8-5-6-10(2)7-8/h8H,1,4-7H2,2-3H3. The van der Waals surface area contributed by atoms with Crippen molar-refractivity contribution in [3.05, 3.63) is 6.92 Å². The molecular weight excluding hydrogens is 152 g/mol. The Morgan fingerprint density at radius 1 is 1.75 bits per heavy atom. The quantitative estimate of drug-likeness (QED) is 0.591. The molecule has 3 heteroatoms. The molecule has 12 heavy (non-hydrogen) atoms. The van der Waals surface area contributed by atoms with Crippen LogP contribution in [-0.2, 0) is 4.79 Å². The van der Waals surface area contributed by atoms with Gasteiger partial charge < -0.3 is 9.80 Å². The molecule has 1 saturated heterocycles. The van der Waals surface area contributed by atoms with Crippen molar-refractivity contribution >= 4 is 5.91 Å². The van der Waals surface area contributed by atoms with E-state index < -0.39 is 0 Å². The van der Waals surface area contributed by atoms with Gasteiger partial charge in [-0.15, -0.1) is 0 Å². The largest absolute Gasteiger partial charge is 0.345 e. The number of hydrogen-bond acceptors (Lipinski definition) is 2. The second-order valence-corrected chi connectivity index (χ2v) is 3.51. The summed E-state index contributed by atoms with van der Waals surface area (Å²) in [5.74, 6) is 0.455. The van der Waals surface area contributed by atoms with Crippen LogP contribution in [0.1, 0.15) is 6.42 Å². The Bertz CT molecular complexity index is 170. The van der Waals surface area contributed by atoms with Crippen LogP contribution < -0.4 is 0 Å². The minimum atomic E-state index is 0.210. The van der Waals surface area contributed by atoms with Crippen molar-refractivity contribution in [3.8, 4) is 0 Å². The molecule has 1 aliphatic heterocycles. The van der Waals surface area contributed by atoms with Crippen molar-refractivity contribution in [1.29, 1.82) is 0 Å². The Balaban J connectivity index is 2.43. The number of carbonyl (C=O) groups excluding carboxylic acids is 1. The first kappa shape index (κ1) is 9.52. The van der Waals surface area contributed by atoms with Gasteiger partial charge in [0.25, 0.3) is 0 Å². The maximum absolute atomic E-state index is 11.6. The van der Waals surface area contributed by atoms with Gasteiger partial charge in [-0.2, -0.15) is 0 Å². The fraction of sp³-hybridized carbons (Fsp3) is 0.778. The maximum atomic E-state index is 11.6. The number of carbonyl (C=O) groups is 1. The average Bonchev–Trinajstić information content (AvgIpc) is 2.49. The molecule has 1 aliphatic rings. The van der Waals surface area contributed by atoms with E-state index in [1.54, 1.807) is 4.90 Å². The summed E-state index contributed by atoms with van der Waals surface area (Å²) in [5.41, 5.74) is 0. The maximum Gasteiger partial charge on any atom is 0.226 e. The van der Waals surface area contributed by atoms with Gasteiger partial charge in [0.1, 0.15) is 0 Å². The lowest BCUT2D eigenvalue weighted by atomic mass is 10.1. The lowest BCUT2D eigenvalue weighted by Crippen LogP contribution is -2.33. The van der Waals surface area contributed by atoms with Gasteiger partial charge >= 0.3 is 0 Å². The molecule has 69 valence electrons. The Morgan fingerprint density at radius 2 is 2.42 bits per heavy atom. The van der Waals surface area contributed by atoms with E-state index in [1.807, 2.05) is 7.05 Å². The lowest BCUT2D eigenvalue weighted by Gasteiger charge is -2.18. The normalized spacial score (nSPS) is 24.4. The molecule has 0 aromatic carbocycles.